The zero-order chi connectivity index (χ0) is 17.7. The van der Waals surface area contributed by atoms with Crippen LogP contribution in [0.2, 0.25) is 0 Å². The third kappa shape index (κ3) is 4.88. The molecule has 2 heterocycles. The Bertz CT molecular complexity index is 677. The lowest BCUT2D eigenvalue weighted by Crippen LogP contribution is -2.38. The van der Waals surface area contributed by atoms with Crippen molar-refractivity contribution in [1.29, 1.82) is 0 Å². The summed E-state index contributed by atoms with van der Waals surface area (Å²) < 4.78 is 23.4. The number of sulfone groups is 1. The van der Waals surface area contributed by atoms with E-state index >= 15 is 0 Å². The fraction of sp³-hybridized carbons (Fsp3) is 0.667. The van der Waals surface area contributed by atoms with Gasteiger partial charge in [0.05, 0.1) is 11.5 Å². The lowest BCUT2D eigenvalue weighted by Gasteiger charge is -2.26. The molecule has 1 fully saturated rings. The monoisotopic (exact) mass is 355 g/mol. The molecule has 0 aromatic carbocycles. The van der Waals surface area contributed by atoms with Crippen LogP contribution in [0.15, 0.2) is 12.3 Å². The number of rotatable bonds is 7. The quantitative estimate of drug-likeness (QED) is 0.722. The van der Waals surface area contributed by atoms with Gasteiger partial charge in [0.2, 0.25) is 5.95 Å². The van der Waals surface area contributed by atoms with Gasteiger partial charge in [0.1, 0.15) is 5.69 Å². The molecular formula is C15H25N5O3S. The largest absolute Gasteiger partial charge is 0.349 e. The van der Waals surface area contributed by atoms with Crippen molar-refractivity contribution in [2.24, 2.45) is 0 Å². The maximum absolute atomic E-state index is 12.2. The SMILES string of the molecule is CCN(c1nccc(C(=O)NCCN(C)C)n1)C1CCS(=O)(=O)C1. The van der Waals surface area contributed by atoms with Crippen LogP contribution in [0.25, 0.3) is 0 Å². The van der Waals surface area contributed by atoms with Gasteiger partial charge in [-0.1, -0.05) is 0 Å². The standard InChI is InChI=1S/C15H25N5O3S/c1-4-20(12-6-10-24(22,23)11-12)15-17-7-5-13(18-15)14(21)16-8-9-19(2)3/h5,7,12H,4,6,8-11H2,1-3H3,(H,16,21). The third-order valence-corrected chi connectivity index (χ3v) is 5.72. The van der Waals surface area contributed by atoms with Crippen LogP contribution in [0.4, 0.5) is 5.95 Å². The summed E-state index contributed by atoms with van der Waals surface area (Å²) >= 11 is 0. The maximum Gasteiger partial charge on any atom is 0.270 e. The van der Waals surface area contributed by atoms with E-state index in [0.717, 1.165) is 6.54 Å². The van der Waals surface area contributed by atoms with E-state index in [4.69, 9.17) is 0 Å². The molecule has 0 aliphatic carbocycles. The van der Waals surface area contributed by atoms with Crippen molar-refractivity contribution in [1.82, 2.24) is 20.2 Å². The van der Waals surface area contributed by atoms with E-state index in [-0.39, 0.29) is 29.1 Å². The summed E-state index contributed by atoms with van der Waals surface area (Å²) in [6, 6.07) is 1.43. The summed E-state index contributed by atoms with van der Waals surface area (Å²) in [6.45, 7) is 3.79. The molecule has 1 aliphatic heterocycles. The van der Waals surface area contributed by atoms with Gasteiger partial charge < -0.3 is 15.1 Å². The topological polar surface area (TPSA) is 95.5 Å². The minimum atomic E-state index is -2.99. The van der Waals surface area contributed by atoms with Crippen LogP contribution in [0.3, 0.4) is 0 Å². The van der Waals surface area contributed by atoms with Gasteiger partial charge in [0.15, 0.2) is 9.84 Å². The van der Waals surface area contributed by atoms with E-state index in [2.05, 4.69) is 15.3 Å². The Morgan fingerprint density at radius 1 is 1.42 bits per heavy atom. The fourth-order valence-electron chi connectivity index (χ4n) is 2.68. The number of hydrogen-bond donors (Lipinski definition) is 1. The molecule has 1 aromatic heterocycles. The fourth-order valence-corrected chi connectivity index (χ4v) is 4.41. The average Bonchev–Trinajstić information content (AvgIpc) is 2.88. The lowest BCUT2D eigenvalue weighted by molar-refractivity contribution is 0.0946. The highest BCUT2D eigenvalue weighted by Crippen LogP contribution is 2.21. The maximum atomic E-state index is 12.2. The summed E-state index contributed by atoms with van der Waals surface area (Å²) in [4.78, 5) is 24.6. The van der Waals surface area contributed by atoms with Crippen LogP contribution >= 0.6 is 0 Å². The van der Waals surface area contributed by atoms with Gasteiger partial charge in [-0.05, 0) is 33.5 Å². The van der Waals surface area contributed by atoms with Gasteiger partial charge in [0, 0.05) is 31.9 Å². The molecular weight excluding hydrogens is 330 g/mol. The molecule has 2 rings (SSSR count). The van der Waals surface area contributed by atoms with E-state index in [9.17, 15) is 13.2 Å². The van der Waals surface area contributed by atoms with E-state index in [1.807, 2.05) is 30.8 Å². The summed E-state index contributed by atoms with van der Waals surface area (Å²) in [5.74, 6) is 0.456. The number of hydrogen-bond acceptors (Lipinski definition) is 7. The number of anilines is 1. The highest BCUT2D eigenvalue weighted by atomic mass is 32.2. The van der Waals surface area contributed by atoms with Crippen molar-refractivity contribution in [2.75, 3.05) is 50.1 Å². The van der Waals surface area contributed by atoms with Crippen LogP contribution < -0.4 is 10.2 Å². The van der Waals surface area contributed by atoms with Crippen molar-refractivity contribution >= 4 is 21.7 Å². The molecule has 1 saturated heterocycles. The van der Waals surface area contributed by atoms with Crippen LogP contribution in [0.1, 0.15) is 23.8 Å². The van der Waals surface area contributed by atoms with Crippen molar-refractivity contribution in [3.05, 3.63) is 18.0 Å². The van der Waals surface area contributed by atoms with Gasteiger partial charge in [-0.25, -0.2) is 18.4 Å². The second-order valence-corrected chi connectivity index (χ2v) is 8.37. The van der Waals surface area contributed by atoms with Crippen molar-refractivity contribution in [2.45, 2.75) is 19.4 Å². The number of likely N-dealkylation sites (N-methyl/N-ethyl adjacent to an activating group) is 1. The smallest absolute Gasteiger partial charge is 0.270 e. The van der Waals surface area contributed by atoms with Crippen LogP contribution in [-0.4, -0.2) is 80.5 Å². The van der Waals surface area contributed by atoms with Gasteiger partial charge >= 0.3 is 0 Å². The predicted octanol–water partition coefficient (Wildman–Crippen LogP) is -0.219. The molecule has 1 unspecified atom stereocenters. The number of aromatic nitrogens is 2. The Morgan fingerprint density at radius 3 is 2.75 bits per heavy atom. The first-order chi connectivity index (χ1) is 11.3. The van der Waals surface area contributed by atoms with E-state index < -0.39 is 9.84 Å². The number of nitrogens with one attached hydrogen (secondary N) is 1. The molecule has 1 aliphatic rings. The van der Waals surface area contributed by atoms with E-state index in [1.165, 1.54) is 6.20 Å². The van der Waals surface area contributed by atoms with Gasteiger partial charge in [-0.15, -0.1) is 0 Å². The van der Waals surface area contributed by atoms with Crippen LogP contribution in [0, 0.1) is 0 Å². The molecule has 1 aromatic rings. The third-order valence-electron chi connectivity index (χ3n) is 3.97. The second-order valence-electron chi connectivity index (χ2n) is 6.14. The Morgan fingerprint density at radius 2 is 2.17 bits per heavy atom. The lowest BCUT2D eigenvalue weighted by atomic mass is 10.2. The molecule has 0 saturated carbocycles. The molecule has 1 amide bonds. The molecule has 0 bridgehead atoms. The molecule has 134 valence electrons. The van der Waals surface area contributed by atoms with Crippen LogP contribution in [-0.2, 0) is 9.84 Å². The first-order valence-electron chi connectivity index (χ1n) is 8.05. The second kappa shape index (κ2) is 7.89. The number of amides is 1. The first-order valence-corrected chi connectivity index (χ1v) is 9.87. The molecule has 8 nitrogen and oxygen atoms in total. The summed E-state index contributed by atoms with van der Waals surface area (Å²) in [5, 5.41) is 2.81. The molecule has 0 spiro atoms. The molecule has 1 atom stereocenters. The summed E-state index contributed by atoms with van der Waals surface area (Å²) in [6.07, 6.45) is 2.11. The minimum absolute atomic E-state index is 0.115. The van der Waals surface area contributed by atoms with E-state index in [1.54, 1.807) is 6.07 Å². The molecule has 0 radical (unpaired) electrons. The zero-order valence-electron chi connectivity index (χ0n) is 14.4. The summed E-state index contributed by atoms with van der Waals surface area (Å²) in [7, 11) is 0.882. The molecule has 24 heavy (non-hydrogen) atoms. The van der Waals surface area contributed by atoms with E-state index in [0.29, 0.717) is 25.5 Å². The minimum Gasteiger partial charge on any atom is -0.349 e. The zero-order valence-corrected chi connectivity index (χ0v) is 15.2. The van der Waals surface area contributed by atoms with Crippen molar-refractivity contribution in [3.63, 3.8) is 0 Å². The highest BCUT2D eigenvalue weighted by molar-refractivity contribution is 7.91. The Hall–Kier alpha value is -1.74. The van der Waals surface area contributed by atoms with Crippen LogP contribution in [0.5, 0.6) is 0 Å². The highest BCUT2D eigenvalue weighted by Gasteiger charge is 2.33. The summed E-state index contributed by atoms with van der Waals surface area (Å²) in [5.41, 5.74) is 0.290. The number of carbonyl (C=O) groups excluding carboxylic acids is 1. The average molecular weight is 355 g/mol. The van der Waals surface area contributed by atoms with Gasteiger partial charge in [0.25, 0.3) is 5.91 Å². The molecule has 1 N–H and O–H groups in total. The number of carbonyl (C=O) groups is 1. The van der Waals surface area contributed by atoms with Gasteiger partial charge in [-0.2, -0.15) is 0 Å². The van der Waals surface area contributed by atoms with Crippen molar-refractivity contribution in [3.8, 4) is 0 Å². The predicted molar refractivity (Wildman–Crippen MR) is 93.0 cm³/mol. The Balaban J connectivity index is 2.09. The number of nitrogens with zero attached hydrogens (tertiary/aromatic N) is 4. The van der Waals surface area contributed by atoms with Crippen molar-refractivity contribution < 1.29 is 13.2 Å². The molecule has 9 heteroatoms. The Kier molecular flexibility index (Phi) is 6.11. The first kappa shape index (κ1) is 18.6. The normalized spacial score (nSPS) is 19.4. The Labute approximate surface area is 143 Å². The van der Waals surface area contributed by atoms with Gasteiger partial charge in [-0.3, -0.25) is 4.79 Å².